The number of piperidine rings is 1. The molecule has 1 unspecified atom stereocenters. The number of hydrogen-bond donors (Lipinski definition) is 0. The second-order valence-corrected chi connectivity index (χ2v) is 5.51. The van der Waals surface area contributed by atoms with Crippen molar-refractivity contribution in [1.82, 2.24) is 9.80 Å². The molecule has 6 nitrogen and oxygen atoms in total. The van der Waals surface area contributed by atoms with Gasteiger partial charge in [-0.2, -0.15) is 0 Å². The monoisotopic (exact) mass is 292 g/mol. The van der Waals surface area contributed by atoms with E-state index in [1.54, 1.807) is 17.0 Å². The molecule has 2 fully saturated rings. The van der Waals surface area contributed by atoms with Crippen molar-refractivity contribution >= 4 is 11.8 Å². The van der Waals surface area contributed by atoms with E-state index in [9.17, 15) is 9.59 Å². The van der Waals surface area contributed by atoms with E-state index in [4.69, 9.17) is 9.15 Å². The van der Waals surface area contributed by atoms with Crippen molar-refractivity contribution < 1.29 is 18.7 Å². The minimum Gasteiger partial charge on any atom is -0.459 e. The molecule has 0 saturated carbocycles. The van der Waals surface area contributed by atoms with Gasteiger partial charge in [-0.1, -0.05) is 0 Å². The molecule has 3 heterocycles. The first-order valence-corrected chi connectivity index (χ1v) is 7.45. The predicted molar refractivity (Wildman–Crippen MR) is 74.7 cm³/mol. The lowest BCUT2D eigenvalue weighted by Gasteiger charge is -2.35. The van der Waals surface area contributed by atoms with Crippen LogP contribution in [0, 0.1) is 5.92 Å². The molecule has 114 valence electrons. The van der Waals surface area contributed by atoms with Gasteiger partial charge in [0.15, 0.2) is 5.76 Å². The molecule has 2 aliphatic rings. The van der Waals surface area contributed by atoms with Crippen LogP contribution in [0.3, 0.4) is 0 Å². The first kappa shape index (κ1) is 14.1. The molecule has 2 amide bonds. The summed E-state index contributed by atoms with van der Waals surface area (Å²) in [6.45, 7) is 3.69. The lowest BCUT2D eigenvalue weighted by atomic mass is 9.96. The van der Waals surface area contributed by atoms with Crippen LogP contribution in [-0.2, 0) is 9.53 Å². The van der Waals surface area contributed by atoms with Crippen molar-refractivity contribution in [2.45, 2.75) is 12.8 Å². The Morgan fingerprint density at radius 3 is 2.67 bits per heavy atom. The minimum atomic E-state index is -0.125. The number of nitrogens with zero attached hydrogens (tertiary/aromatic N) is 2. The Labute approximate surface area is 123 Å². The summed E-state index contributed by atoms with van der Waals surface area (Å²) in [5, 5.41) is 0. The Morgan fingerprint density at radius 2 is 1.95 bits per heavy atom. The maximum atomic E-state index is 12.5. The molecule has 3 rings (SSSR count). The van der Waals surface area contributed by atoms with E-state index in [2.05, 4.69) is 0 Å². The molecular formula is C15H20N2O4. The van der Waals surface area contributed by atoms with Crippen LogP contribution in [0.25, 0.3) is 0 Å². The lowest BCUT2D eigenvalue weighted by Crippen LogP contribution is -2.49. The fourth-order valence-electron chi connectivity index (χ4n) is 2.96. The normalized spacial score (nSPS) is 23.1. The van der Waals surface area contributed by atoms with Gasteiger partial charge in [-0.25, -0.2) is 0 Å². The number of carbonyl (C=O) groups excluding carboxylic acids is 2. The fraction of sp³-hybridized carbons (Fsp3) is 0.600. The van der Waals surface area contributed by atoms with Gasteiger partial charge in [0, 0.05) is 26.2 Å². The number of ether oxygens (including phenoxy) is 1. The first-order chi connectivity index (χ1) is 10.3. The van der Waals surface area contributed by atoms with Gasteiger partial charge in [-0.05, 0) is 25.0 Å². The minimum absolute atomic E-state index is 0.101. The van der Waals surface area contributed by atoms with Crippen LogP contribution in [-0.4, -0.2) is 61.0 Å². The molecular weight excluding hydrogens is 272 g/mol. The summed E-state index contributed by atoms with van der Waals surface area (Å²) < 4.78 is 10.4. The Hall–Kier alpha value is -1.82. The van der Waals surface area contributed by atoms with Crippen molar-refractivity contribution in [2.75, 3.05) is 39.4 Å². The number of amides is 2. The molecule has 2 saturated heterocycles. The predicted octanol–water partition coefficient (Wildman–Crippen LogP) is 0.991. The SMILES string of the molecule is O=C(c1ccco1)N1CCCC(C(=O)N2CCOCC2)C1. The summed E-state index contributed by atoms with van der Waals surface area (Å²) >= 11 is 0. The number of carbonyl (C=O) groups is 2. The highest BCUT2D eigenvalue weighted by Gasteiger charge is 2.32. The molecule has 6 heteroatoms. The second kappa shape index (κ2) is 6.30. The molecule has 0 bridgehead atoms. The standard InChI is InChI=1S/C15H20N2O4/c18-14(16-6-9-20-10-7-16)12-3-1-5-17(11-12)15(19)13-4-2-8-21-13/h2,4,8,12H,1,3,5-7,9-11H2. The van der Waals surface area contributed by atoms with E-state index in [-0.39, 0.29) is 17.7 Å². The summed E-state index contributed by atoms with van der Waals surface area (Å²) in [6.07, 6.45) is 3.19. The van der Waals surface area contributed by atoms with Gasteiger partial charge in [-0.15, -0.1) is 0 Å². The average molecular weight is 292 g/mol. The molecule has 1 aromatic rings. The van der Waals surface area contributed by atoms with Crippen molar-refractivity contribution in [3.63, 3.8) is 0 Å². The zero-order chi connectivity index (χ0) is 14.7. The van der Waals surface area contributed by atoms with Gasteiger partial charge in [0.2, 0.25) is 5.91 Å². The van der Waals surface area contributed by atoms with Gasteiger partial charge in [0.05, 0.1) is 25.4 Å². The van der Waals surface area contributed by atoms with Crippen LogP contribution in [0.2, 0.25) is 0 Å². The second-order valence-electron chi connectivity index (χ2n) is 5.51. The third-order valence-corrected chi connectivity index (χ3v) is 4.11. The van der Waals surface area contributed by atoms with E-state index in [1.807, 2.05) is 4.90 Å². The van der Waals surface area contributed by atoms with Crippen LogP contribution in [0.1, 0.15) is 23.4 Å². The topological polar surface area (TPSA) is 63.0 Å². The third-order valence-electron chi connectivity index (χ3n) is 4.11. The molecule has 0 spiro atoms. The summed E-state index contributed by atoms with van der Waals surface area (Å²) in [5.41, 5.74) is 0. The quantitative estimate of drug-likeness (QED) is 0.815. The first-order valence-electron chi connectivity index (χ1n) is 7.45. The number of furan rings is 1. The molecule has 1 atom stereocenters. The van der Waals surface area contributed by atoms with Crippen LogP contribution >= 0.6 is 0 Å². The number of morpholine rings is 1. The van der Waals surface area contributed by atoms with Crippen molar-refractivity contribution in [2.24, 2.45) is 5.92 Å². The lowest BCUT2D eigenvalue weighted by molar-refractivity contribution is -0.141. The Balaban J connectivity index is 1.62. The molecule has 21 heavy (non-hydrogen) atoms. The molecule has 2 aliphatic heterocycles. The summed E-state index contributed by atoms with van der Waals surface area (Å²) in [4.78, 5) is 28.4. The van der Waals surface area contributed by atoms with Gasteiger partial charge in [0.25, 0.3) is 5.91 Å². The highest BCUT2D eigenvalue weighted by atomic mass is 16.5. The zero-order valence-electron chi connectivity index (χ0n) is 12.0. The Bertz CT molecular complexity index is 494. The highest BCUT2D eigenvalue weighted by molar-refractivity contribution is 5.92. The van der Waals surface area contributed by atoms with E-state index in [1.165, 1.54) is 6.26 Å². The largest absolute Gasteiger partial charge is 0.459 e. The van der Waals surface area contributed by atoms with Crippen LogP contribution in [0.5, 0.6) is 0 Å². The molecule has 1 aromatic heterocycles. The number of likely N-dealkylation sites (tertiary alicyclic amines) is 1. The smallest absolute Gasteiger partial charge is 0.289 e. The fourth-order valence-corrected chi connectivity index (χ4v) is 2.96. The molecule has 0 aromatic carbocycles. The van der Waals surface area contributed by atoms with E-state index in [0.717, 1.165) is 12.8 Å². The van der Waals surface area contributed by atoms with E-state index in [0.29, 0.717) is 45.2 Å². The van der Waals surface area contributed by atoms with Gasteiger partial charge < -0.3 is 19.0 Å². The van der Waals surface area contributed by atoms with Crippen molar-refractivity contribution in [3.8, 4) is 0 Å². The van der Waals surface area contributed by atoms with Crippen LogP contribution < -0.4 is 0 Å². The van der Waals surface area contributed by atoms with E-state index >= 15 is 0 Å². The molecule has 0 N–H and O–H groups in total. The van der Waals surface area contributed by atoms with Crippen molar-refractivity contribution in [3.05, 3.63) is 24.2 Å². The number of hydrogen-bond acceptors (Lipinski definition) is 4. The zero-order valence-corrected chi connectivity index (χ0v) is 12.0. The summed E-state index contributed by atoms with van der Waals surface area (Å²) in [5.74, 6) is 0.264. The highest BCUT2D eigenvalue weighted by Crippen LogP contribution is 2.21. The maximum absolute atomic E-state index is 12.5. The van der Waals surface area contributed by atoms with Crippen molar-refractivity contribution in [1.29, 1.82) is 0 Å². The maximum Gasteiger partial charge on any atom is 0.289 e. The van der Waals surface area contributed by atoms with Gasteiger partial charge in [0.1, 0.15) is 0 Å². The van der Waals surface area contributed by atoms with E-state index < -0.39 is 0 Å². The third kappa shape index (κ3) is 3.10. The van der Waals surface area contributed by atoms with Gasteiger partial charge >= 0.3 is 0 Å². The molecule has 0 radical (unpaired) electrons. The van der Waals surface area contributed by atoms with Gasteiger partial charge in [-0.3, -0.25) is 9.59 Å². The summed E-state index contributed by atoms with van der Waals surface area (Å²) in [6, 6.07) is 3.36. The van der Waals surface area contributed by atoms with Crippen LogP contribution in [0.15, 0.2) is 22.8 Å². The Morgan fingerprint density at radius 1 is 1.14 bits per heavy atom. The molecule has 0 aliphatic carbocycles. The Kier molecular flexibility index (Phi) is 4.24. The van der Waals surface area contributed by atoms with Crippen LogP contribution in [0.4, 0.5) is 0 Å². The summed E-state index contributed by atoms with van der Waals surface area (Å²) in [7, 11) is 0. The number of rotatable bonds is 2. The average Bonchev–Trinajstić information content (AvgIpc) is 3.09.